The highest BCUT2D eigenvalue weighted by atomic mass is 16.3. The predicted octanol–water partition coefficient (Wildman–Crippen LogP) is 2.08. The number of nitrogens with zero attached hydrogens (tertiary/aromatic N) is 1. The zero-order valence-corrected chi connectivity index (χ0v) is 13.9. The van der Waals surface area contributed by atoms with Crippen LogP contribution >= 0.6 is 0 Å². The van der Waals surface area contributed by atoms with E-state index in [2.05, 4.69) is 17.6 Å². The van der Waals surface area contributed by atoms with Gasteiger partial charge in [-0.25, -0.2) is 0 Å². The van der Waals surface area contributed by atoms with E-state index in [1.54, 1.807) is 32.3 Å². The summed E-state index contributed by atoms with van der Waals surface area (Å²) in [6, 6.07) is 5.13. The molecule has 0 spiro atoms. The third-order valence-corrected chi connectivity index (χ3v) is 3.88. The monoisotopic (exact) mass is 317 g/mol. The van der Waals surface area contributed by atoms with E-state index in [9.17, 15) is 14.7 Å². The van der Waals surface area contributed by atoms with Crippen LogP contribution in [-0.2, 0) is 4.79 Å². The summed E-state index contributed by atoms with van der Waals surface area (Å²) in [5.74, 6) is -0.459. The molecule has 0 heterocycles. The molecule has 0 saturated heterocycles. The standard InChI is InChI=1S/C17H23N3O3/c1-5-10(2)18-13-9-14(21)15(13)19-12-8-6-7-11(16(12)22)17(23)20(3)4/h6-8,10,18-19,22H,5,9H2,1-4H3/t10-/m1/s1. The molecule has 1 aromatic rings. The van der Waals surface area contributed by atoms with Gasteiger partial charge in [0, 0.05) is 25.8 Å². The first-order valence-corrected chi connectivity index (χ1v) is 7.68. The van der Waals surface area contributed by atoms with Crippen molar-refractivity contribution in [2.45, 2.75) is 32.7 Å². The molecule has 1 aromatic carbocycles. The van der Waals surface area contributed by atoms with Crippen LogP contribution in [0.15, 0.2) is 29.6 Å². The van der Waals surface area contributed by atoms with Gasteiger partial charge in [0.2, 0.25) is 0 Å². The summed E-state index contributed by atoms with van der Waals surface area (Å²) in [6.45, 7) is 4.11. The largest absolute Gasteiger partial charge is 0.505 e. The lowest BCUT2D eigenvalue weighted by molar-refractivity contribution is -0.116. The van der Waals surface area contributed by atoms with Gasteiger partial charge < -0.3 is 20.6 Å². The van der Waals surface area contributed by atoms with Crippen LogP contribution in [0.2, 0.25) is 0 Å². The minimum absolute atomic E-state index is 0.0143. The number of hydrogen-bond donors (Lipinski definition) is 3. The van der Waals surface area contributed by atoms with Crippen molar-refractivity contribution in [2.24, 2.45) is 0 Å². The van der Waals surface area contributed by atoms with Crippen molar-refractivity contribution in [3.8, 4) is 5.75 Å². The van der Waals surface area contributed by atoms with Crippen LogP contribution in [0.25, 0.3) is 0 Å². The van der Waals surface area contributed by atoms with Gasteiger partial charge in [-0.15, -0.1) is 0 Å². The summed E-state index contributed by atoms with van der Waals surface area (Å²) in [5, 5.41) is 16.6. The number of aromatic hydroxyl groups is 1. The fraction of sp³-hybridized carbons (Fsp3) is 0.412. The second-order valence-electron chi connectivity index (χ2n) is 5.93. The third-order valence-electron chi connectivity index (χ3n) is 3.88. The molecule has 0 aromatic heterocycles. The van der Waals surface area contributed by atoms with Crippen LogP contribution in [0, 0.1) is 0 Å². The van der Waals surface area contributed by atoms with E-state index in [-0.39, 0.29) is 29.0 Å². The number of phenols is 1. The minimum atomic E-state index is -0.294. The first kappa shape index (κ1) is 16.9. The Morgan fingerprint density at radius 3 is 2.65 bits per heavy atom. The van der Waals surface area contributed by atoms with Crippen molar-refractivity contribution < 1.29 is 14.7 Å². The molecular formula is C17H23N3O3. The Hall–Kier alpha value is -2.50. The van der Waals surface area contributed by atoms with Crippen molar-refractivity contribution in [1.29, 1.82) is 0 Å². The van der Waals surface area contributed by atoms with Gasteiger partial charge in [0.25, 0.3) is 5.91 Å². The van der Waals surface area contributed by atoms with E-state index in [0.717, 1.165) is 12.1 Å². The van der Waals surface area contributed by atoms with E-state index in [0.29, 0.717) is 17.8 Å². The number of benzene rings is 1. The molecule has 6 heteroatoms. The fourth-order valence-corrected chi connectivity index (χ4v) is 2.26. The third kappa shape index (κ3) is 3.47. The molecule has 2 rings (SSSR count). The molecule has 3 N–H and O–H groups in total. The van der Waals surface area contributed by atoms with Crippen molar-refractivity contribution >= 4 is 17.4 Å². The summed E-state index contributed by atoms with van der Waals surface area (Å²) >= 11 is 0. The Morgan fingerprint density at radius 1 is 1.39 bits per heavy atom. The maximum atomic E-state index is 12.0. The molecule has 23 heavy (non-hydrogen) atoms. The average Bonchev–Trinajstić information content (AvgIpc) is 2.52. The topological polar surface area (TPSA) is 81.7 Å². The predicted molar refractivity (Wildman–Crippen MR) is 89.3 cm³/mol. The molecule has 0 saturated carbocycles. The normalized spacial score (nSPS) is 15.0. The zero-order chi connectivity index (χ0) is 17.1. The molecule has 0 radical (unpaired) electrons. The maximum Gasteiger partial charge on any atom is 0.257 e. The number of carbonyl (C=O) groups excluding carboxylic acids is 2. The fourth-order valence-electron chi connectivity index (χ4n) is 2.26. The lowest BCUT2D eigenvalue weighted by atomic mass is 9.97. The van der Waals surface area contributed by atoms with E-state index in [1.165, 1.54) is 4.90 Å². The number of amides is 1. The highest BCUT2D eigenvalue weighted by Gasteiger charge is 2.29. The number of carbonyl (C=O) groups is 2. The molecule has 6 nitrogen and oxygen atoms in total. The molecule has 1 aliphatic rings. The van der Waals surface area contributed by atoms with Gasteiger partial charge in [-0.05, 0) is 25.5 Å². The van der Waals surface area contributed by atoms with Crippen LogP contribution in [0.4, 0.5) is 5.69 Å². The minimum Gasteiger partial charge on any atom is -0.505 e. The van der Waals surface area contributed by atoms with Gasteiger partial charge >= 0.3 is 0 Å². The van der Waals surface area contributed by atoms with E-state index < -0.39 is 0 Å². The first-order valence-electron chi connectivity index (χ1n) is 7.68. The Bertz CT molecular complexity index is 665. The van der Waals surface area contributed by atoms with Gasteiger partial charge in [0.05, 0.1) is 17.7 Å². The zero-order valence-electron chi connectivity index (χ0n) is 13.9. The number of nitrogens with one attached hydrogen (secondary N) is 2. The van der Waals surface area contributed by atoms with Gasteiger partial charge in [-0.2, -0.15) is 0 Å². The molecule has 1 aliphatic carbocycles. The molecule has 0 aliphatic heterocycles. The molecule has 1 atom stereocenters. The summed E-state index contributed by atoms with van der Waals surface area (Å²) in [7, 11) is 3.24. The number of ketones is 1. The average molecular weight is 317 g/mol. The molecule has 0 bridgehead atoms. The van der Waals surface area contributed by atoms with Crippen LogP contribution < -0.4 is 10.6 Å². The van der Waals surface area contributed by atoms with Crippen LogP contribution in [0.1, 0.15) is 37.0 Å². The van der Waals surface area contributed by atoms with E-state index in [1.807, 2.05) is 6.92 Å². The smallest absolute Gasteiger partial charge is 0.257 e. The molecule has 0 unspecified atom stereocenters. The highest BCUT2D eigenvalue weighted by Crippen LogP contribution is 2.32. The van der Waals surface area contributed by atoms with Crippen LogP contribution in [-0.4, -0.2) is 41.8 Å². The SMILES string of the molecule is CC[C@@H](C)NC1=C(Nc2cccc(C(=O)N(C)C)c2O)C(=O)C1. The van der Waals surface area contributed by atoms with Gasteiger partial charge in [0.15, 0.2) is 11.5 Å². The van der Waals surface area contributed by atoms with Crippen molar-refractivity contribution in [3.63, 3.8) is 0 Å². The molecule has 1 amide bonds. The van der Waals surface area contributed by atoms with Crippen LogP contribution in [0.5, 0.6) is 5.75 Å². The molecule has 0 fully saturated rings. The highest BCUT2D eigenvalue weighted by molar-refractivity contribution is 6.07. The van der Waals surface area contributed by atoms with Crippen molar-refractivity contribution in [3.05, 3.63) is 35.2 Å². The summed E-state index contributed by atoms with van der Waals surface area (Å²) < 4.78 is 0. The first-order chi connectivity index (χ1) is 10.8. The lowest BCUT2D eigenvalue weighted by Crippen LogP contribution is -2.36. The van der Waals surface area contributed by atoms with Gasteiger partial charge in [-0.3, -0.25) is 9.59 Å². The van der Waals surface area contributed by atoms with Crippen molar-refractivity contribution in [1.82, 2.24) is 10.2 Å². The number of anilines is 1. The van der Waals surface area contributed by atoms with Gasteiger partial charge in [-0.1, -0.05) is 13.0 Å². The summed E-state index contributed by atoms with van der Waals surface area (Å²) in [5.41, 5.74) is 1.84. The van der Waals surface area contributed by atoms with Gasteiger partial charge in [0.1, 0.15) is 5.70 Å². The van der Waals surface area contributed by atoms with E-state index >= 15 is 0 Å². The van der Waals surface area contributed by atoms with Crippen molar-refractivity contribution in [2.75, 3.05) is 19.4 Å². The Morgan fingerprint density at radius 2 is 2.09 bits per heavy atom. The Balaban J connectivity index is 2.26. The van der Waals surface area contributed by atoms with Crippen LogP contribution in [0.3, 0.4) is 0 Å². The number of para-hydroxylation sites is 1. The number of rotatable bonds is 6. The number of Topliss-reactive ketones (excluding diaryl/α,β-unsaturated/α-hetero) is 1. The Kier molecular flexibility index (Phi) is 4.93. The number of hydrogen-bond acceptors (Lipinski definition) is 5. The maximum absolute atomic E-state index is 12.0. The second-order valence-corrected chi connectivity index (χ2v) is 5.93. The molecular weight excluding hydrogens is 294 g/mol. The second kappa shape index (κ2) is 6.73. The lowest BCUT2D eigenvalue weighted by Gasteiger charge is -2.27. The number of allylic oxidation sites excluding steroid dienone is 2. The summed E-state index contributed by atoms with van der Waals surface area (Å²) in [6.07, 6.45) is 1.31. The quantitative estimate of drug-likeness (QED) is 0.700. The van der Waals surface area contributed by atoms with E-state index in [4.69, 9.17) is 0 Å². The Labute approximate surface area is 136 Å². The summed E-state index contributed by atoms with van der Waals surface area (Å²) in [4.78, 5) is 25.3. The number of phenolic OH excluding ortho intramolecular Hbond substituents is 1. The molecule has 124 valence electrons.